The summed E-state index contributed by atoms with van der Waals surface area (Å²) in [5.41, 5.74) is 0.348. The number of hydrogen-bond donors (Lipinski definition) is 2. The molecule has 3 aliphatic heterocycles. The highest BCUT2D eigenvalue weighted by molar-refractivity contribution is 5.66. The van der Waals surface area contributed by atoms with Crippen LogP contribution in [0.15, 0.2) is 0 Å². The van der Waals surface area contributed by atoms with Crippen molar-refractivity contribution in [2.75, 3.05) is 0 Å². The van der Waals surface area contributed by atoms with E-state index in [9.17, 15) is 9.90 Å². The van der Waals surface area contributed by atoms with Crippen molar-refractivity contribution in [2.24, 2.45) is 51.2 Å². The standard InChI is InChI=1S/C32H51NO4/c1-18(2)20-9-14-28(4)21-10-16-31-13-7-8-23(31)32(28,25(20)33-26(21)31)17-11-22-29(5)15-12-24(36-19(3)34)30(22,6)27(35)37-29/h18,20-27,33,35H,7-17H2,1-6H3/t20?,21?,22?,23?,24?,25?,26?,27?,28?,29?,30?,31-,32?/m1/s1. The molecule has 0 radical (unpaired) electrons. The fraction of sp³-hybridized carbons (Fsp3) is 0.969. The number of aliphatic hydroxyl groups excluding tert-OH is 1. The molecule has 3 heterocycles. The lowest BCUT2D eigenvalue weighted by Crippen LogP contribution is -2.80. The molecule has 8 bridgehead atoms. The number of esters is 1. The van der Waals surface area contributed by atoms with Crippen molar-refractivity contribution in [2.45, 2.75) is 142 Å². The number of hydrogen-bond acceptors (Lipinski definition) is 5. The fourth-order valence-corrected chi connectivity index (χ4v) is 13.2. The van der Waals surface area contributed by atoms with Crippen LogP contribution >= 0.6 is 0 Å². The number of carbonyl (C=O) groups excluding carboxylic acids is 1. The molecule has 8 rings (SSSR count). The topological polar surface area (TPSA) is 67.8 Å². The van der Waals surface area contributed by atoms with Crippen molar-refractivity contribution in [3.8, 4) is 0 Å². The molecule has 5 nitrogen and oxygen atoms in total. The van der Waals surface area contributed by atoms with E-state index in [0.29, 0.717) is 28.2 Å². The van der Waals surface area contributed by atoms with Crippen LogP contribution in [0.4, 0.5) is 0 Å². The number of rotatable bonds is 5. The SMILES string of the molecule is CC(=O)OC1CCC2(C)OC(O)C1(C)C2CCC12C3NC4C(CC[C@@]45CCCC15)C2(C)CCC3C(C)C. The van der Waals surface area contributed by atoms with Crippen molar-refractivity contribution in [1.29, 1.82) is 0 Å². The molecule has 0 aromatic rings. The van der Waals surface area contributed by atoms with E-state index in [1.54, 1.807) is 0 Å². The first-order valence-electron chi connectivity index (χ1n) is 15.7. The Labute approximate surface area is 224 Å². The summed E-state index contributed by atoms with van der Waals surface area (Å²) in [7, 11) is 0. The highest BCUT2D eigenvalue weighted by atomic mass is 16.6. The monoisotopic (exact) mass is 513 g/mol. The van der Waals surface area contributed by atoms with Gasteiger partial charge in [-0.1, -0.05) is 34.1 Å². The third kappa shape index (κ3) is 2.81. The molecule has 2 N–H and O–H groups in total. The van der Waals surface area contributed by atoms with Crippen LogP contribution < -0.4 is 5.32 Å². The van der Waals surface area contributed by atoms with Gasteiger partial charge in [0.15, 0.2) is 6.29 Å². The van der Waals surface area contributed by atoms with Gasteiger partial charge in [-0.15, -0.1) is 0 Å². The van der Waals surface area contributed by atoms with Gasteiger partial charge in [-0.3, -0.25) is 4.79 Å². The molecule has 0 aromatic carbocycles. The predicted octanol–water partition coefficient (Wildman–Crippen LogP) is 5.83. The van der Waals surface area contributed by atoms with Gasteiger partial charge in [-0.05, 0) is 111 Å². The van der Waals surface area contributed by atoms with Crippen LogP contribution in [0.2, 0.25) is 0 Å². The zero-order chi connectivity index (χ0) is 26.2. The Hall–Kier alpha value is -0.650. The minimum absolute atomic E-state index is 0.193. The molecule has 3 saturated heterocycles. The molecule has 208 valence electrons. The van der Waals surface area contributed by atoms with Gasteiger partial charge < -0.3 is 19.9 Å². The summed E-state index contributed by atoms with van der Waals surface area (Å²) in [4.78, 5) is 12.1. The lowest BCUT2D eigenvalue weighted by atomic mass is 9.33. The molecular weight excluding hydrogens is 462 g/mol. The van der Waals surface area contributed by atoms with E-state index in [1.165, 1.54) is 58.3 Å². The quantitative estimate of drug-likeness (QED) is 0.453. The summed E-state index contributed by atoms with van der Waals surface area (Å²) in [6.07, 6.45) is 12.6. The lowest BCUT2D eigenvalue weighted by Gasteiger charge is -2.76. The first-order valence-corrected chi connectivity index (χ1v) is 15.7. The first kappa shape index (κ1) is 25.3. The van der Waals surface area contributed by atoms with Crippen molar-refractivity contribution in [3.63, 3.8) is 0 Å². The van der Waals surface area contributed by atoms with E-state index in [2.05, 4.69) is 39.9 Å². The van der Waals surface area contributed by atoms with Gasteiger partial charge in [0.2, 0.25) is 0 Å². The van der Waals surface area contributed by atoms with E-state index in [1.807, 2.05) is 0 Å². The summed E-state index contributed by atoms with van der Waals surface area (Å²) in [6, 6.07) is 1.34. The maximum Gasteiger partial charge on any atom is 0.302 e. The number of aliphatic hydroxyl groups is 1. The maximum atomic E-state index is 12.1. The molecule has 8 fully saturated rings. The molecular formula is C32H51NO4. The summed E-state index contributed by atoms with van der Waals surface area (Å²) < 4.78 is 12.3. The zero-order valence-corrected chi connectivity index (χ0v) is 24.1. The Morgan fingerprint density at radius 1 is 1.05 bits per heavy atom. The average Bonchev–Trinajstić information content (AvgIpc) is 3.44. The second-order valence-electron chi connectivity index (χ2n) is 15.7. The van der Waals surface area contributed by atoms with Gasteiger partial charge in [0.05, 0.1) is 11.0 Å². The Bertz CT molecular complexity index is 984. The van der Waals surface area contributed by atoms with Crippen LogP contribution in [0.1, 0.15) is 112 Å². The largest absolute Gasteiger partial charge is 0.462 e. The molecule has 13 atom stereocenters. The molecule has 0 amide bonds. The molecule has 37 heavy (non-hydrogen) atoms. The Kier molecular flexibility index (Phi) is 5.31. The molecule has 8 aliphatic rings. The summed E-state index contributed by atoms with van der Waals surface area (Å²) in [5, 5.41) is 15.7. The average molecular weight is 514 g/mol. The number of piperidine rings is 2. The van der Waals surface area contributed by atoms with E-state index >= 15 is 0 Å². The van der Waals surface area contributed by atoms with Gasteiger partial charge in [0.25, 0.3) is 0 Å². The lowest BCUT2D eigenvalue weighted by molar-refractivity contribution is -0.249. The second-order valence-corrected chi connectivity index (χ2v) is 15.7. The third-order valence-corrected chi connectivity index (χ3v) is 14.6. The van der Waals surface area contributed by atoms with Crippen LogP contribution in [-0.2, 0) is 14.3 Å². The summed E-state index contributed by atoms with van der Waals surface area (Å²) >= 11 is 0. The van der Waals surface area contributed by atoms with Crippen LogP contribution in [0.3, 0.4) is 0 Å². The van der Waals surface area contributed by atoms with Gasteiger partial charge in [0, 0.05) is 24.9 Å². The highest BCUT2D eigenvalue weighted by Gasteiger charge is 2.80. The number of fused-ring (bicyclic) bond motifs is 2. The van der Waals surface area contributed by atoms with Crippen molar-refractivity contribution < 1.29 is 19.4 Å². The molecule has 5 heteroatoms. The van der Waals surface area contributed by atoms with Crippen LogP contribution in [0.5, 0.6) is 0 Å². The van der Waals surface area contributed by atoms with Crippen molar-refractivity contribution in [3.05, 3.63) is 0 Å². The number of ether oxygens (including phenoxy) is 2. The Morgan fingerprint density at radius 2 is 1.84 bits per heavy atom. The summed E-state index contributed by atoms with van der Waals surface area (Å²) in [6.45, 7) is 13.5. The van der Waals surface area contributed by atoms with E-state index in [4.69, 9.17) is 9.47 Å². The zero-order valence-electron chi connectivity index (χ0n) is 24.1. The van der Waals surface area contributed by atoms with Crippen molar-refractivity contribution in [1.82, 2.24) is 5.32 Å². The third-order valence-electron chi connectivity index (χ3n) is 14.6. The van der Waals surface area contributed by atoms with Crippen LogP contribution in [0.25, 0.3) is 0 Å². The molecule has 0 aromatic heterocycles. The molecule has 5 saturated carbocycles. The Balaban J connectivity index is 1.30. The molecule has 12 unspecified atom stereocenters. The second kappa shape index (κ2) is 7.75. The van der Waals surface area contributed by atoms with E-state index < -0.39 is 11.7 Å². The van der Waals surface area contributed by atoms with Gasteiger partial charge >= 0.3 is 5.97 Å². The molecule has 1 spiro atoms. The summed E-state index contributed by atoms with van der Waals surface area (Å²) in [5.74, 6) is 3.05. The van der Waals surface area contributed by atoms with Gasteiger partial charge in [-0.2, -0.15) is 0 Å². The number of carbonyl (C=O) groups is 1. The highest BCUT2D eigenvalue weighted by Crippen LogP contribution is 2.81. The minimum Gasteiger partial charge on any atom is -0.462 e. The van der Waals surface area contributed by atoms with Gasteiger partial charge in [0.1, 0.15) is 6.10 Å². The minimum atomic E-state index is -0.875. The fourth-order valence-electron chi connectivity index (χ4n) is 13.2. The van der Waals surface area contributed by atoms with Crippen LogP contribution in [0, 0.1) is 51.2 Å². The van der Waals surface area contributed by atoms with E-state index in [0.717, 1.165) is 43.1 Å². The first-order chi connectivity index (χ1) is 17.4. The van der Waals surface area contributed by atoms with Gasteiger partial charge in [-0.25, -0.2) is 0 Å². The van der Waals surface area contributed by atoms with Crippen molar-refractivity contribution >= 4 is 5.97 Å². The molecule has 5 aliphatic carbocycles. The predicted molar refractivity (Wildman–Crippen MR) is 142 cm³/mol. The van der Waals surface area contributed by atoms with E-state index in [-0.39, 0.29) is 23.6 Å². The maximum absolute atomic E-state index is 12.1. The smallest absolute Gasteiger partial charge is 0.302 e. The Morgan fingerprint density at radius 3 is 2.57 bits per heavy atom. The normalized spacial score (nSPS) is 59.1. The number of nitrogens with one attached hydrogen (secondary N) is 1. The van der Waals surface area contributed by atoms with Crippen LogP contribution in [-0.4, -0.2) is 41.2 Å².